The predicted octanol–water partition coefficient (Wildman–Crippen LogP) is 2.55. The van der Waals surface area contributed by atoms with E-state index >= 15 is 0 Å². The standard InChI is InChI=1S/C16H20N4O2/c21-18-20(22)19(14-16-9-5-2-6-10-16)12-11-17-13-15-7-3-1-4-8-15/h1-10,17,21H,11-14H2/b20-18+. The minimum absolute atomic E-state index is 0.219. The van der Waals surface area contributed by atoms with Crippen LogP contribution < -0.4 is 5.32 Å². The van der Waals surface area contributed by atoms with Crippen molar-refractivity contribution < 1.29 is 10.2 Å². The highest BCUT2D eigenvalue weighted by Gasteiger charge is 2.13. The molecule has 0 bridgehead atoms. The first kappa shape index (κ1) is 15.8. The molecule has 2 N–H and O–H groups in total. The molecule has 0 saturated heterocycles. The van der Waals surface area contributed by atoms with Gasteiger partial charge in [-0.05, 0) is 11.1 Å². The number of hydrogen-bond donors (Lipinski definition) is 2. The maximum Gasteiger partial charge on any atom is 0.230 e. The molecule has 0 radical (unpaired) electrons. The molecule has 6 heteroatoms. The fourth-order valence-electron chi connectivity index (χ4n) is 2.11. The third-order valence-corrected chi connectivity index (χ3v) is 3.25. The Morgan fingerprint density at radius 1 is 1.00 bits per heavy atom. The lowest BCUT2D eigenvalue weighted by atomic mass is 10.2. The Bertz CT molecular complexity index is 575. The topological polar surface area (TPSA) is 73.9 Å². The molecule has 0 atom stereocenters. The van der Waals surface area contributed by atoms with Crippen LogP contribution in [0.1, 0.15) is 11.1 Å². The van der Waals surface area contributed by atoms with E-state index in [4.69, 9.17) is 5.21 Å². The summed E-state index contributed by atoms with van der Waals surface area (Å²) >= 11 is 0. The average molecular weight is 300 g/mol. The Morgan fingerprint density at radius 2 is 1.59 bits per heavy atom. The Kier molecular flexibility index (Phi) is 6.19. The molecule has 0 aliphatic heterocycles. The van der Waals surface area contributed by atoms with Crippen LogP contribution in [-0.2, 0) is 13.1 Å². The third kappa shape index (κ3) is 5.06. The smallest absolute Gasteiger partial charge is 0.230 e. The third-order valence-electron chi connectivity index (χ3n) is 3.25. The van der Waals surface area contributed by atoms with E-state index in [9.17, 15) is 5.21 Å². The van der Waals surface area contributed by atoms with Gasteiger partial charge in [-0.1, -0.05) is 60.7 Å². The van der Waals surface area contributed by atoms with Crippen molar-refractivity contribution in [3.63, 3.8) is 0 Å². The van der Waals surface area contributed by atoms with Crippen LogP contribution in [0.3, 0.4) is 0 Å². The molecule has 0 aliphatic rings. The quantitative estimate of drug-likeness (QED) is 0.340. The second-order valence-electron chi connectivity index (χ2n) is 4.88. The molecule has 0 aromatic heterocycles. The van der Waals surface area contributed by atoms with Gasteiger partial charge in [0.15, 0.2) is 0 Å². The van der Waals surface area contributed by atoms with E-state index in [0.29, 0.717) is 19.6 Å². The fourth-order valence-corrected chi connectivity index (χ4v) is 2.11. The van der Waals surface area contributed by atoms with Gasteiger partial charge in [-0.15, -0.1) is 5.01 Å². The number of hydrazine groups is 1. The molecular weight excluding hydrogens is 280 g/mol. The summed E-state index contributed by atoms with van der Waals surface area (Å²) < 4.78 is 0. The Hall–Kier alpha value is -2.60. The van der Waals surface area contributed by atoms with Crippen molar-refractivity contribution in [2.24, 2.45) is 5.28 Å². The van der Waals surface area contributed by atoms with Gasteiger partial charge in [0.2, 0.25) is 5.28 Å². The summed E-state index contributed by atoms with van der Waals surface area (Å²) in [5, 5.41) is 27.7. The molecule has 0 fully saturated rings. The van der Waals surface area contributed by atoms with Crippen LogP contribution in [0, 0.1) is 5.21 Å². The van der Waals surface area contributed by atoms with E-state index in [1.807, 2.05) is 60.7 Å². The summed E-state index contributed by atoms with van der Waals surface area (Å²) in [5.74, 6) is 0. The highest BCUT2D eigenvalue weighted by atomic mass is 16.6. The molecule has 0 heterocycles. The van der Waals surface area contributed by atoms with Crippen LogP contribution >= 0.6 is 0 Å². The lowest BCUT2D eigenvalue weighted by molar-refractivity contribution is -0.713. The number of benzene rings is 2. The number of nitrogens with one attached hydrogen (secondary N) is 1. The maximum atomic E-state index is 11.6. The molecule has 0 spiro atoms. The molecule has 116 valence electrons. The van der Waals surface area contributed by atoms with Crippen molar-refractivity contribution in [2.75, 3.05) is 13.1 Å². The highest BCUT2D eigenvalue weighted by Crippen LogP contribution is 2.04. The first-order valence-corrected chi connectivity index (χ1v) is 7.15. The minimum atomic E-state index is 0.219. The van der Waals surface area contributed by atoms with E-state index in [1.165, 1.54) is 10.6 Å². The van der Waals surface area contributed by atoms with Crippen LogP contribution in [0.4, 0.5) is 0 Å². The number of rotatable bonds is 8. The van der Waals surface area contributed by atoms with Crippen LogP contribution in [0.25, 0.3) is 0 Å². The molecule has 2 aromatic carbocycles. The first-order chi connectivity index (χ1) is 10.8. The second kappa shape index (κ2) is 8.63. The van der Waals surface area contributed by atoms with Gasteiger partial charge in [0, 0.05) is 13.1 Å². The van der Waals surface area contributed by atoms with Crippen LogP contribution in [0.15, 0.2) is 65.9 Å². The molecule has 0 saturated carbocycles. The second-order valence-corrected chi connectivity index (χ2v) is 4.88. The van der Waals surface area contributed by atoms with Gasteiger partial charge in [0.05, 0.1) is 11.5 Å². The largest absolute Gasteiger partial charge is 0.569 e. The average Bonchev–Trinajstić information content (AvgIpc) is 2.58. The van der Waals surface area contributed by atoms with Crippen LogP contribution in [0.2, 0.25) is 0 Å². The molecule has 0 unspecified atom stereocenters. The van der Waals surface area contributed by atoms with E-state index in [1.54, 1.807) is 0 Å². The summed E-state index contributed by atoms with van der Waals surface area (Å²) in [5.41, 5.74) is 2.16. The summed E-state index contributed by atoms with van der Waals surface area (Å²) in [6, 6.07) is 19.6. The van der Waals surface area contributed by atoms with Gasteiger partial charge in [0.1, 0.15) is 6.54 Å². The van der Waals surface area contributed by atoms with E-state index in [0.717, 1.165) is 12.1 Å². The first-order valence-electron chi connectivity index (χ1n) is 7.15. The summed E-state index contributed by atoms with van der Waals surface area (Å²) in [6.07, 6.45) is 0. The van der Waals surface area contributed by atoms with Crippen LogP contribution in [0.5, 0.6) is 0 Å². The molecule has 6 nitrogen and oxygen atoms in total. The van der Waals surface area contributed by atoms with Crippen molar-refractivity contribution in [1.82, 2.24) is 10.3 Å². The zero-order valence-corrected chi connectivity index (χ0v) is 12.3. The van der Waals surface area contributed by atoms with Gasteiger partial charge in [-0.3, -0.25) is 0 Å². The minimum Gasteiger partial charge on any atom is -0.569 e. The maximum absolute atomic E-state index is 11.6. The normalized spacial score (nSPS) is 11.4. The van der Waals surface area contributed by atoms with Gasteiger partial charge in [-0.2, -0.15) is 0 Å². The number of hydrogen-bond acceptors (Lipinski definition) is 3. The molecule has 0 aliphatic carbocycles. The molecule has 22 heavy (non-hydrogen) atoms. The lowest BCUT2D eigenvalue weighted by Crippen LogP contribution is -2.36. The van der Waals surface area contributed by atoms with Crippen molar-refractivity contribution in [3.8, 4) is 0 Å². The van der Waals surface area contributed by atoms with Crippen molar-refractivity contribution in [1.29, 1.82) is 0 Å². The summed E-state index contributed by atoms with van der Waals surface area (Å²) in [6.45, 7) is 2.17. The van der Waals surface area contributed by atoms with Crippen molar-refractivity contribution in [3.05, 3.63) is 77.0 Å². The zero-order valence-electron chi connectivity index (χ0n) is 12.3. The zero-order chi connectivity index (χ0) is 15.6. The summed E-state index contributed by atoms with van der Waals surface area (Å²) in [7, 11) is 0. The Morgan fingerprint density at radius 3 is 2.18 bits per heavy atom. The molecule has 2 rings (SSSR count). The molecule has 2 aromatic rings. The van der Waals surface area contributed by atoms with Crippen molar-refractivity contribution >= 4 is 0 Å². The summed E-state index contributed by atoms with van der Waals surface area (Å²) in [4.78, 5) is 0.219. The highest BCUT2D eigenvalue weighted by molar-refractivity contribution is 5.15. The van der Waals surface area contributed by atoms with Gasteiger partial charge >= 0.3 is 0 Å². The number of nitrogens with zero attached hydrogens (tertiary/aromatic N) is 3. The Balaban J connectivity index is 1.82. The monoisotopic (exact) mass is 300 g/mol. The van der Waals surface area contributed by atoms with E-state index in [2.05, 4.69) is 10.6 Å². The van der Waals surface area contributed by atoms with Crippen LogP contribution in [-0.4, -0.2) is 28.3 Å². The van der Waals surface area contributed by atoms with Gasteiger partial charge in [0.25, 0.3) is 0 Å². The Labute approximate surface area is 129 Å². The lowest BCUT2D eigenvalue weighted by Gasteiger charge is -2.18. The van der Waals surface area contributed by atoms with E-state index < -0.39 is 0 Å². The van der Waals surface area contributed by atoms with E-state index in [-0.39, 0.29) is 4.97 Å². The molecular formula is C16H20N4O2. The fraction of sp³-hybridized carbons (Fsp3) is 0.250. The van der Waals surface area contributed by atoms with Gasteiger partial charge in [-0.25, -0.2) is 0 Å². The van der Waals surface area contributed by atoms with Crippen molar-refractivity contribution in [2.45, 2.75) is 13.1 Å². The predicted molar refractivity (Wildman–Crippen MR) is 82.8 cm³/mol. The SMILES string of the molecule is [O-]/[N+](=N/O)N(CCNCc1ccccc1)Cc1ccccc1. The molecule has 0 amide bonds. The van der Waals surface area contributed by atoms with Gasteiger partial charge < -0.3 is 15.7 Å².